The Morgan fingerprint density at radius 1 is 1.37 bits per heavy atom. The molecule has 1 aromatic heterocycles. The van der Waals surface area contributed by atoms with E-state index >= 15 is 0 Å². The highest BCUT2D eigenvalue weighted by Crippen LogP contribution is 2.23. The number of phenols is 1. The maximum atomic E-state index is 12.2. The van der Waals surface area contributed by atoms with Gasteiger partial charge in [-0.3, -0.25) is 9.00 Å². The summed E-state index contributed by atoms with van der Waals surface area (Å²) >= 11 is 0. The highest BCUT2D eigenvalue weighted by atomic mass is 32.2. The molecule has 2 N–H and O–H groups in total. The van der Waals surface area contributed by atoms with Crippen LogP contribution in [-0.2, 0) is 26.8 Å². The van der Waals surface area contributed by atoms with Crippen molar-refractivity contribution in [3.63, 3.8) is 0 Å². The third kappa shape index (κ3) is 5.40. The van der Waals surface area contributed by atoms with Gasteiger partial charge in [0.25, 0.3) is 0 Å². The fourth-order valence-electron chi connectivity index (χ4n) is 2.71. The quantitative estimate of drug-likeness (QED) is 0.589. The van der Waals surface area contributed by atoms with Crippen LogP contribution in [0.1, 0.15) is 24.0 Å². The van der Waals surface area contributed by atoms with E-state index in [2.05, 4.69) is 5.32 Å². The highest BCUT2D eigenvalue weighted by molar-refractivity contribution is 7.84. The van der Waals surface area contributed by atoms with E-state index < -0.39 is 34.3 Å². The summed E-state index contributed by atoms with van der Waals surface area (Å²) in [6.07, 6.45) is 1.39. The molecule has 0 spiro atoms. The molecule has 1 amide bonds. The summed E-state index contributed by atoms with van der Waals surface area (Å²) in [4.78, 5) is 35.3. The lowest BCUT2D eigenvalue weighted by Gasteiger charge is -2.19. The molecule has 1 heterocycles. The molecule has 0 radical (unpaired) electrons. The van der Waals surface area contributed by atoms with Crippen LogP contribution in [0.5, 0.6) is 5.75 Å². The molecule has 2 rings (SSSR count). The van der Waals surface area contributed by atoms with Crippen molar-refractivity contribution >= 4 is 33.6 Å². The molecular weight excluding hydrogens is 374 g/mol. The number of nitrogens with one attached hydrogen (secondary N) is 1. The third-order valence-electron chi connectivity index (χ3n) is 4.19. The van der Waals surface area contributed by atoms with E-state index in [4.69, 9.17) is 4.42 Å². The van der Waals surface area contributed by atoms with Crippen molar-refractivity contribution in [1.29, 1.82) is 0 Å². The largest absolute Gasteiger partial charge is 0.548 e. The minimum Gasteiger partial charge on any atom is -0.548 e. The maximum absolute atomic E-state index is 12.2. The number of hydrogen-bond acceptors (Lipinski definition) is 7. The number of benzene rings is 1. The lowest BCUT2D eigenvalue weighted by Crippen LogP contribution is -2.48. The molecule has 0 aliphatic heterocycles. The zero-order valence-corrected chi connectivity index (χ0v) is 15.8. The van der Waals surface area contributed by atoms with E-state index in [1.165, 1.54) is 18.4 Å². The second-order valence-electron chi connectivity index (χ2n) is 6.18. The Morgan fingerprint density at radius 3 is 2.70 bits per heavy atom. The summed E-state index contributed by atoms with van der Waals surface area (Å²) in [5.74, 6) is -1.91. The maximum Gasteiger partial charge on any atom is 0.339 e. The number of carboxylic acids is 1. The normalized spacial score (nSPS) is 13.3. The Bertz CT molecular complexity index is 951. The number of rotatable bonds is 8. The molecule has 1 aromatic carbocycles. The number of aryl methyl sites for hydroxylation is 1. The molecule has 27 heavy (non-hydrogen) atoms. The SMILES string of the molecule is Cc1c(CCC(=O)N[C@@H](CC[S@@](C)=O)C(=O)[O-])c(=O)oc2cc(O)ccc12. The van der Waals surface area contributed by atoms with Crippen molar-refractivity contribution < 1.29 is 28.4 Å². The third-order valence-corrected chi connectivity index (χ3v) is 5.00. The average Bonchev–Trinajstić information content (AvgIpc) is 2.57. The van der Waals surface area contributed by atoms with Crippen molar-refractivity contribution in [1.82, 2.24) is 5.32 Å². The molecule has 8 nitrogen and oxygen atoms in total. The van der Waals surface area contributed by atoms with Gasteiger partial charge in [0.1, 0.15) is 11.3 Å². The Balaban J connectivity index is 2.10. The van der Waals surface area contributed by atoms with Gasteiger partial charge in [-0.05, 0) is 37.5 Å². The Labute approximate surface area is 157 Å². The molecule has 0 aliphatic rings. The van der Waals surface area contributed by atoms with E-state index in [0.717, 1.165) is 0 Å². The van der Waals surface area contributed by atoms with Gasteiger partial charge in [-0.15, -0.1) is 0 Å². The zero-order chi connectivity index (χ0) is 20.1. The van der Waals surface area contributed by atoms with Crippen LogP contribution in [0.25, 0.3) is 11.0 Å². The number of fused-ring (bicyclic) bond motifs is 1. The molecule has 0 unspecified atom stereocenters. The Kier molecular flexibility index (Phi) is 6.73. The smallest absolute Gasteiger partial charge is 0.339 e. The number of phenolic OH excluding ortho intramolecular Hbond substituents is 1. The van der Waals surface area contributed by atoms with Gasteiger partial charge in [-0.25, -0.2) is 4.79 Å². The van der Waals surface area contributed by atoms with Crippen LogP contribution in [-0.4, -0.2) is 39.2 Å². The first-order valence-electron chi connectivity index (χ1n) is 8.24. The molecule has 0 saturated carbocycles. The van der Waals surface area contributed by atoms with E-state index in [1.807, 2.05) is 0 Å². The number of carboxylic acid groups (broad SMARTS) is 1. The van der Waals surface area contributed by atoms with Crippen molar-refractivity contribution in [2.24, 2.45) is 0 Å². The van der Waals surface area contributed by atoms with Gasteiger partial charge < -0.3 is 24.7 Å². The predicted molar refractivity (Wildman–Crippen MR) is 97.7 cm³/mol. The first-order valence-corrected chi connectivity index (χ1v) is 9.97. The van der Waals surface area contributed by atoms with Crippen molar-refractivity contribution in [2.45, 2.75) is 32.2 Å². The van der Waals surface area contributed by atoms with Crippen LogP contribution in [0.15, 0.2) is 27.4 Å². The molecule has 2 aromatic rings. The van der Waals surface area contributed by atoms with Crippen molar-refractivity contribution in [2.75, 3.05) is 12.0 Å². The van der Waals surface area contributed by atoms with Crippen LogP contribution < -0.4 is 16.0 Å². The second-order valence-corrected chi connectivity index (χ2v) is 7.73. The number of hydrogen-bond donors (Lipinski definition) is 2. The predicted octanol–water partition coefficient (Wildman–Crippen LogP) is -0.257. The molecule has 0 saturated heterocycles. The molecule has 0 aliphatic carbocycles. The molecule has 9 heteroatoms. The summed E-state index contributed by atoms with van der Waals surface area (Å²) < 4.78 is 16.3. The summed E-state index contributed by atoms with van der Waals surface area (Å²) in [7, 11) is -1.19. The molecule has 2 atom stereocenters. The zero-order valence-electron chi connectivity index (χ0n) is 14.9. The van der Waals surface area contributed by atoms with Crippen LogP contribution in [0.4, 0.5) is 0 Å². The fraction of sp³-hybridized carbons (Fsp3) is 0.389. The van der Waals surface area contributed by atoms with Crippen molar-refractivity contribution in [3.05, 3.63) is 39.7 Å². The fourth-order valence-corrected chi connectivity index (χ4v) is 3.28. The molecular formula is C18H20NO7S-. The number of amides is 1. The van der Waals surface area contributed by atoms with Crippen LogP contribution >= 0.6 is 0 Å². The average molecular weight is 394 g/mol. The van der Waals surface area contributed by atoms with E-state index in [-0.39, 0.29) is 36.3 Å². The molecule has 146 valence electrons. The Morgan fingerprint density at radius 2 is 2.07 bits per heavy atom. The lowest BCUT2D eigenvalue weighted by atomic mass is 10.0. The van der Waals surface area contributed by atoms with E-state index in [0.29, 0.717) is 16.5 Å². The van der Waals surface area contributed by atoms with Gasteiger partial charge in [-0.2, -0.15) is 0 Å². The minimum absolute atomic E-state index is 0.00216. The summed E-state index contributed by atoms with van der Waals surface area (Å²) in [5.41, 5.74) is 0.571. The number of aliphatic carboxylic acids is 1. The summed E-state index contributed by atoms with van der Waals surface area (Å²) in [6.45, 7) is 1.71. The highest BCUT2D eigenvalue weighted by Gasteiger charge is 2.17. The first-order chi connectivity index (χ1) is 12.7. The van der Waals surface area contributed by atoms with Gasteiger partial charge in [0, 0.05) is 46.2 Å². The van der Waals surface area contributed by atoms with Crippen LogP contribution in [0.2, 0.25) is 0 Å². The van der Waals surface area contributed by atoms with Gasteiger partial charge >= 0.3 is 5.63 Å². The van der Waals surface area contributed by atoms with Crippen molar-refractivity contribution in [3.8, 4) is 5.75 Å². The number of carbonyl (C=O) groups excluding carboxylic acids is 2. The van der Waals surface area contributed by atoms with E-state index in [1.54, 1.807) is 13.0 Å². The van der Waals surface area contributed by atoms with Gasteiger partial charge in [0.05, 0.1) is 12.0 Å². The van der Waals surface area contributed by atoms with Crippen LogP contribution in [0, 0.1) is 6.92 Å². The standard InChI is InChI=1S/C18H21NO7S/c1-10-12-4-3-11(20)9-15(12)26-18(24)13(10)5-6-16(21)19-14(17(22)23)7-8-27(2)25/h3-4,9,14,20H,5-8H2,1-2H3,(H,19,21)(H,22,23)/p-1/t14-,27+/m0/s1. The number of aromatic hydroxyl groups is 1. The number of carbonyl (C=O) groups is 2. The summed E-state index contributed by atoms with van der Waals surface area (Å²) in [5, 5.41) is 23.5. The monoisotopic (exact) mass is 394 g/mol. The first kappa shape index (κ1) is 20.6. The second kappa shape index (κ2) is 8.81. The molecule has 0 fully saturated rings. The van der Waals surface area contributed by atoms with E-state index in [9.17, 15) is 28.8 Å². The molecule has 0 bridgehead atoms. The van der Waals surface area contributed by atoms with Crippen LogP contribution in [0.3, 0.4) is 0 Å². The Hall–Kier alpha value is -2.68. The lowest BCUT2D eigenvalue weighted by molar-refractivity contribution is -0.308. The minimum atomic E-state index is -1.45. The van der Waals surface area contributed by atoms with Gasteiger partial charge in [0.15, 0.2) is 0 Å². The van der Waals surface area contributed by atoms with Gasteiger partial charge in [-0.1, -0.05) is 0 Å². The topological polar surface area (TPSA) is 137 Å². The summed E-state index contributed by atoms with van der Waals surface area (Å²) in [6, 6.07) is 3.18. The van der Waals surface area contributed by atoms with Gasteiger partial charge in [0.2, 0.25) is 5.91 Å².